The number of carbonyl (C=O) groups is 1. The lowest BCUT2D eigenvalue weighted by atomic mass is 10.2. The minimum absolute atomic E-state index is 0.00621. The van der Waals surface area contributed by atoms with Gasteiger partial charge in [0.15, 0.2) is 0 Å². The molecule has 6 nitrogen and oxygen atoms in total. The van der Waals surface area contributed by atoms with Gasteiger partial charge in [0.25, 0.3) is 15.9 Å². The van der Waals surface area contributed by atoms with Crippen LogP contribution in [-0.4, -0.2) is 20.9 Å². The van der Waals surface area contributed by atoms with Gasteiger partial charge in [-0.15, -0.1) is 0 Å². The van der Waals surface area contributed by atoms with E-state index >= 15 is 0 Å². The predicted octanol–water partition coefficient (Wildman–Crippen LogP) is 4.42. The summed E-state index contributed by atoms with van der Waals surface area (Å²) in [6.45, 7) is 2.33. The normalized spacial score (nSPS) is 11.0. The molecule has 0 fully saturated rings. The number of hydrogen-bond donors (Lipinski definition) is 2. The molecular weight excluding hydrogens is 414 g/mol. The summed E-state index contributed by atoms with van der Waals surface area (Å²) in [5.74, 6) is -1.85. The molecule has 2 N–H and O–H groups in total. The molecule has 3 aromatic carbocycles. The zero-order chi connectivity index (χ0) is 21.7. The second-order valence-corrected chi connectivity index (χ2v) is 7.85. The number of halogens is 2. The summed E-state index contributed by atoms with van der Waals surface area (Å²) in [4.78, 5) is 12.2. The summed E-state index contributed by atoms with van der Waals surface area (Å²) in [6, 6.07) is 14.3. The molecule has 0 atom stereocenters. The number of amides is 1. The highest BCUT2D eigenvalue weighted by Gasteiger charge is 2.17. The summed E-state index contributed by atoms with van der Waals surface area (Å²) in [5, 5.41) is 2.29. The van der Waals surface area contributed by atoms with Crippen molar-refractivity contribution in [3.63, 3.8) is 0 Å². The molecule has 0 aliphatic heterocycles. The first-order valence-corrected chi connectivity index (χ1v) is 10.4. The first-order valence-electron chi connectivity index (χ1n) is 8.90. The second kappa shape index (κ2) is 8.91. The van der Waals surface area contributed by atoms with E-state index in [1.54, 1.807) is 24.3 Å². The third-order valence-electron chi connectivity index (χ3n) is 4.00. The third-order valence-corrected chi connectivity index (χ3v) is 5.38. The maximum Gasteiger partial charge on any atom is 0.261 e. The molecule has 0 aliphatic carbocycles. The van der Waals surface area contributed by atoms with Crippen LogP contribution in [-0.2, 0) is 10.0 Å². The fraction of sp³-hybridized carbons (Fsp3) is 0.0952. The number of sulfonamides is 1. The van der Waals surface area contributed by atoms with Crippen LogP contribution < -0.4 is 14.8 Å². The van der Waals surface area contributed by atoms with E-state index in [-0.39, 0.29) is 16.1 Å². The molecule has 9 heteroatoms. The van der Waals surface area contributed by atoms with Crippen LogP contribution >= 0.6 is 0 Å². The minimum Gasteiger partial charge on any atom is -0.494 e. The highest BCUT2D eigenvalue weighted by molar-refractivity contribution is 7.92. The van der Waals surface area contributed by atoms with Crippen LogP contribution in [0.25, 0.3) is 0 Å². The van der Waals surface area contributed by atoms with Crippen molar-refractivity contribution < 1.29 is 26.7 Å². The average molecular weight is 432 g/mol. The Morgan fingerprint density at radius 1 is 1.00 bits per heavy atom. The van der Waals surface area contributed by atoms with Crippen molar-refractivity contribution in [3.8, 4) is 5.75 Å². The number of benzene rings is 3. The van der Waals surface area contributed by atoms with Crippen LogP contribution in [0.5, 0.6) is 5.75 Å². The van der Waals surface area contributed by atoms with Crippen molar-refractivity contribution in [2.45, 2.75) is 11.8 Å². The van der Waals surface area contributed by atoms with Gasteiger partial charge in [-0.05, 0) is 61.5 Å². The number of anilines is 2. The number of rotatable bonds is 7. The van der Waals surface area contributed by atoms with Crippen molar-refractivity contribution >= 4 is 27.3 Å². The van der Waals surface area contributed by atoms with Gasteiger partial charge in [-0.2, -0.15) is 0 Å². The Kier molecular flexibility index (Phi) is 6.31. The fourth-order valence-electron chi connectivity index (χ4n) is 2.59. The molecule has 3 rings (SSSR count). The van der Waals surface area contributed by atoms with Crippen LogP contribution in [0.4, 0.5) is 20.2 Å². The molecule has 3 aromatic rings. The molecule has 0 aromatic heterocycles. The van der Waals surface area contributed by atoms with E-state index in [9.17, 15) is 22.0 Å². The zero-order valence-corrected chi connectivity index (χ0v) is 16.7. The molecule has 0 aliphatic rings. The quantitative estimate of drug-likeness (QED) is 0.579. The van der Waals surface area contributed by atoms with E-state index in [1.807, 2.05) is 6.92 Å². The number of ether oxygens (including phenoxy) is 1. The standard InChI is InChI=1S/C21H18F2N2O4S/c1-2-29-17-9-7-16(8-10-17)25-30(27,28)18-5-3-4-14(12-18)21(26)24-20-11-6-15(22)13-19(20)23/h3-13,25H,2H2,1H3,(H,24,26). The fourth-order valence-corrected chi connectivity index (χ4v) is 3.69. The second-order valence-electron chi connectivity index (χ2n) is 6.17. The lowest BCUT2D eigenvalue weighted by molar-refractivity contribution is 0.102. The Morgan fingerprint density at radius 3 is 2.40 bits per heavy atom. The van der Waals surface area contributed by atoms with Crippen LogP contribution in [0.3, 0.4) is 0 Å². The SMILES string of the molecule is CCOc1ccc(NS(=O)(=O)c2cccc(C(=O)Nc3ccc(F)cc3F)c2)cc1. The Labute approximate surface area is 172 Å². The van der Waals surface area contributed by atoms with Crippen LogP contribution in [0.2, 0.25) is 0 Å². The molecule has 0 saturated heterocycles. The first-order chi connectivity index (χ1) is 14.3. The van der Waals surface area contributed by atoms with Crippen molar-refractivity contribution in [1.29, 1.82) is 0 Å². The van der Waals surface area contributed by atoms with Gasteiger partial charge in [0.1, 0.15) is 17.4 Å². The molecule has 0 radical (unpaired) electrons. The molecule has 30 heavy (non-hydrogen) atoms. The summed E-state index contributed by atoms with van der Waals surface area (Å²) >= 11 is 0. The predicted molar refractivity (Wildman–Crippen MR) is 109 cm³/mol. The van der Waals surface area contributed by atoms with Crippen molar-refractivity contribution in [1.82, 2.24) is 0 Å². The maximum absolute atomic E-state index is 13.7. The Hall–Kier alpha value is -3.46. The van der Waals surface area contributed by atoms with Gasteiger partial charge in [-0.3, -0.25) is 9.52 Å². The van der Waals surface area contributed by atoms with Crippen molar-refractivity contribution in [3.05, 3.63) is 83.9 Å². The lowest BCUT2D eigenvalue weighted by Crippen LogP contribution is -2.16. The Balaban J connectivity index is 1.78. The van der Waals surface area contributed by atoms with Crippen LogP contribution in [0.1, 0.15) is 17.3 Å². The molecule has 0 saturated carbocycles. The van der Waals surface area contributed by atoms with Gasteiger partial charge in [-0.1, -0.05) is 6.07 Å². The molecule has 0 bridgehead atoms. The van der Waals surface area contributed by atoms with Crippen molar-refractivity contribution in [2.24, 2.45) is 0 Å². The lowest BCUT2D eigenvalue weighted by Gasteiger charge is -2.11. The van der Waals surface area contributed by atoms with Gasteiger partial charge >= 0.3 is 0 Å². The van der Waals surface area contributed by atoms with E-state index in [1.165, 1.54) is 18.2 Å². The molecular formula is C21H18F2N2O4S. The highest BCUT2D eigenvalue weighted by Crippen LogP contribution is 2.21. The molecule has 0 heterocycles. The van der Waals surface area contributed by atoms with Gasteiger partial charge in [-0.25, -0.2) is 17.2 Å². The van der Waals surface area contributed by atoms with Crippen molar-refractivity contribution in [2.75, 3.05) is 16.6 Å². The molecule has 156 valence electrons. The Morgan fingerprint density at radius 2 is 1.73 bits per heavy atom. The van der Waals surface area contributed by atoms with Gasteiger partial charge in [0, 0.05) is 17.3 Å². The van der Waals surface area contributed by atoms with Gasteiger partial charge < -0.3 is 10.1 Å². The topological polar surface area (TPSA) is 84.5 Å². The molecule has 0 spiro atoms. The number of nitrogens with one attached hydrogen (secondary N) is 2. The Bertz CT molecular complexity index is 1170. The summed E-state index contributed by atoms with van der Waals surface area (Å²) in [7, 11) is -3.98. The van der Waals surface area contributed by atoms with Gasteiger partial charge in [0.2, 0.25) is 0 Å². The number of hydrogen-bond acceptors (Lipinski definition) is 4. The first kappa shape index (κ1) is 21.3. The largest absolute Gasteiger partial charge is 0.494 e. The number of carbonyl (C=O) groups excluding carboxylic acids is 1. The minimum atomic E-state index is -3.98. The molecule has 0 unspecified atom stereocenters. The third kappa shape index (κ3) is 5.12. The summed E-state index contributed by atoms with van der Waals surface area (Å²) < 4.78 is 59.8. The van der Waals surface area contributed by atoms with E-state index in [2.05, 4.69) is 10.0 Å². The average Bonchev–Trinajstić information content (AvgIpc) is 2.71. The van der Waals surface area contributed by atoms with Crippen LogP contribution in [0, 0.1) is 11.6 Å². The monoisotopic (exact) mass is 432 g/mol. The zero-order valence-electron chi connectivity index (χ0n) is 15.9. The smallest absolute Gasteiger partial charge is 0.261 e. The van der Waals surface area contributed by atoms with Gasteiger partial charge in [0.05, 0.1) is 17.2 Å². The van der Waals surface area contributed by atoms with Crippen LogP contribution in [0.15, 0.2) is 71.6 Å². The highest BCUT2D eigenvalue weighted by atomic mass is 32.2. The molecule has 1 amide bonds. The van der Waals surface area contributed by atoms with E-state index < -0.39 is 27.6 Å². The van der Waals surface area contributed by atoms with E-state index in [0.717, 1.165) is 18.2 Å². The van der Waals surface area contributed by atoms with E-state index in [4.69, 9.17) is 4.74 Å². The summed E-state index contributed by atoms with van der Waals surface area (Å²) in [5.41, 5.74) is 0.0946. The van der Waals surface area contributed by atoms with E-state index in [0.29, 0.717) is 24.1 Å². The summed E-state index contributed by atoms with van der Waals surface area (Å²) in [6.07, 6.45) is 0. The maximum atomic E-state index is 13.7.